The number of ketones is 1. The number of nitrogens with zero attached hydrogens (tertiary/aromatic N) is 3. The predicted octanol–water partition coefficient (Wildman–Crippen LogP) is 5.66. The first-order chi connectivity index (χ1) is 17.8. The highest BCUT2D eigenvalue weighted by atomic mass is 35.5. The van der Waals surface area contributed by atoms with E-state index in [-0.39, 0.29) is 48.5 Å². The van der Waals surface area contributed by atoms with Crippen molar-refractivity contribution in [2.24, 2.45) is 0 Å². The van der Waals surface area contributed by atoms with E-state index < -0.39 is 36.6 Å². The van der Waals surface area contributed by atoms with Crippen LogP contribution in [0.15, 0.2) is 53.4 Å². The third-order valence-corrected chi connectivity index (χ3v) is 10.6. The lowest BCUT2D eigenvalue weighted by molar-refractivity contribution is 0.0144. The molecule has 3 N–H and O–H groups in total. The molecule has 200 valence electrons. The van der Waals surface area contributed by atoms with Crippen molar-refractivity contribution in [3.8, 4) is 0 Å². The molecule has 38 heavy (non-hydrogen) atoms. The fourth-order valence-electron chi connectivity index (χ4n) is 3.81. The van der Waals surface area contributed by atoms with Gasteiger partial charge in [0.2, 0.25) is 20.0 Å². The number of carbonyl (C=O) groups excluding carboxylic acids is 1. The van der Waals surface area contributed by atoms with Crippen LogP contribution in [0, 0.1) is 5.82 Å². The Morgan fingerprint density at radius 2 is 1.84 bits per heavy atom. The molecule has 2 atom stereocenters. The second kappa shape index (κ2) is 10.7. The topological polar surface area (TPSA) is 128 Å². The smallest absolute Gasteiger partial charge is 0.212 e. The predicted molar refractivity (Wildman–Crippen MR) is 146 cm³/mol. The molecule has 2 unspecified atom stereocenters. The summed E-state index contributed by atoms with van der Waals surface area (Å²) in [5, 5.41) is 10.2. The maximum Gasteiger partial charge on any atom is 0.212 e. The molecule has 4 aromatic rings. The summed E-state index contributed by atoms with van der Waals surface area (Å²) in [6.07, 6.45) is 4.25. The quantitative estimate of drug-likeness (QED) is 0.239. The van der Waals surface area contributed by atoms with Crippen LogP contribution in [0.3, 0.4) is 0 Å². The summed E-state index contributed by atoms with van der Waals surface area (Å²) < 4.78 is 43.3. The molecular formula is C23H17Cl4FN4O4S2. The molecule has 2 aromatic carbocycles. The summed E-state index contributed by atoms with van der Waals surface area (Å²) in [5.74, 6) is -2.06. The van der Waals surface area contributed by atoms with E-state index in [1.54, 1.807) is 0 Å². The van der Waals surface area contributed by atoms with Gasteiger partial charge in [0.1, 0.15) is 27.4 Å². The molecule has 0 aliphatic rings. The van der Waals surface area contributed by atoms with Gasteiger partial charge in [-0.2, -0.15) is 0 Å². The Morgan fingerprint density at radius 3 is 2.42 bits per heavy atom. The van der Waals surface area contributed by atoms with E-state index in [9.17, 15) is 18.3 Å². The number of thiazole rings is 1. The third-order valence-electron chi connectivity index (χ3n) is 5.84. The van der Waals surface area contributed by atoms with Crippen LogP contribution in [-0.2, 0) is 22.0 Å². The Morgan fingerprint density at radius 1 is 1.18 bits per heavy atom. The van der Waals surface area contributed by atoms with Gasteiger partial charge in [-0.25, -0.2) is 22.8 Å². The minimum atomic E-state index is -4.51. The van der Waals surface area contributed by atoms with E-state index in [2.05, 4.69) is 9.97 Å². The maximum absolute atomic E-state index is 15.0. The highest BCUT2D eigenvalue weighted by molar-refractivity contribution is 7.94. The second-order valence-corrected chi connectivity index (χ2v) is 13.4. The number of imidazole rings is 1. The van der Waals surface area contributed by atoms with Crippen LogP contribution < -0.4 is 5.73 Å². The molecule has 2 heterocycles. The van der Waals surface area contributed by atoms with Gasteiger partial charge in [-0.15, -0.1) is 0 Å². The van der Waals surface area contributed by atoms with Crippen LogP contribution in [0.1, 0.15) is 27.7 Å². The van der Waals surface area contributed by atoms with Gasteiger partial charge >= 0.3 is 0 Å². The lowest BCUT2D eigenvalue weighted by Crippen LogP contribution is -2.46. The van der Waals surface area contributed by atoms with Gasteiger partial charge in [0.25, 0.3) is 0 Å². The minimum Gasteiger partial charge on any atom is -0.382 e. The number of aromatic nitrogens is 3. The molecule has 15 heteroatoms. The number of aliphatic hydroxyl groups is 1. The molecule has 8 nitrogen and oxygen atoms in total. The molecule has 0 saturated carbocycles. The molecule has 4 rings (SSSR count). The molecule has 0 bridgehead atoms. The summed E-state index contributed by atoms with van der Waals surface area (Å²) in [6.45, 7) is 0.820. The Bertz CT molecular complexity index is 1620. The second-order valence-electron chi connectivity index (χ2n) is 8.24. The van der Waals surface area contributed by atoms with Crippen molar-refractivity contribution in [3.05, 3.63) is 91.0 Å². The Labute approximate surface area is 240 Å². The average molecular weight is 638 g/mol. The summed E-state index contributed by atoms with van der Waals surface area (Å²) in [7, 11) is -4.51. The first-order valence-electron chi connectivity index (χ1n) is 10.6. The van der Waals surface area contributed by atoms with Crippen LogP contribution in [0.25, 0.3) is 0 Å². The fourth-order valence-corrected chi connectivity index (χ4v) is 8.01. The minimum absolute atomic E-state index is 0.0575. The number of benzene rings is 2. The van der Waals surface area contributed by atoms with Crippen molar-refractivity contribution in [1.29, 1.82) is 0 Å². The SMILES string of the molecule is CC(C(O)(Cn1ccnc1)c1ccc(Cl)cc1F)S(=O)(=O)c1nc(N)c(C(=O)c2c(Cl)cc(Cl)cc2Cl)s1. The van der Waals surface area contributed by atoms with Crippen molar-refractivity contribution in [2.75, 3.05) is 5.73 Å². The summed E-state index contributed by atoms with van der Waals surface area (Å²) in [4.78, 5) is 20.8. The molecule has 0 radical (unpaired) electrons. The summed E-state index contributed by atoms with van der Waals surface area (Å²) in [6, 6.07) is 6.10. The normalized spacial score (nSPS) is 14.3. The van der Waals surface area contributed by atoms with Gasteiger partial charge in [-0.1, -0.05) is 63.8 Å². The Kier molecular flexibility index (Phi) is 8.11. The van der Waals surface area contributed by atoms with E-state index in [1.165, 1.54) is 54.5 Å². The lowest BCUT2D eigenvalue weighted by Gasteiger charge is -2.34. The number of rotatable bonds is 8. The molecule has 0 fully saturated rings. The number of carbonyl (C=O) groups is 1. The first-order valence-corrected chi connectivity index (χ1v) is 14.5. The van der Waals surface area contributed by atoms with Crippen LogP contribution >= 0.6 is 57.7 Å². The van der Waals surface area contributed by atoms with Gasteiger partial charge in [-0.05, 0) is 31.2 Å². The standard InChI is InChI=1S/C23H17Cl4FN4O4S2/c1-11(23(34,9-32-5-4-30-10-32)14-3-2-12(24)8-17(14)28)38(35,36)22-31-21(29)20(37-22)19(33)18-15(26)6-13(25)7-16(18)27/h2-8,10-11,34H,9,29H2,1H3. The van der Waals surface area contributed by atoms with Crippen LogP contribution in [0.2, 0.25) is 20.1 Å². The number of nitrogens with two attached hydrogens (primary N) is 1. The summed E-state index contributed by atoms with van der Waals surface area (Å²) >= 11 is 24.6. The average Bonchev–Trinajstić information content (AvgIpc) is 3.47. The number of hydrogen-bond acceptors (Lipinski definition) is 8. The van der Waals surface area contributed by atoms with Gasteiger partial charge in [0.15, 0.2) is 0 Å². The van der Waals surface area contributed by atoms with Crippen molar-refractivity contribution in [1.82, 2.24) is 14.5 Å². The maximum atomic E-state index is 15.0. The first kappa shape index (κ1) is 28.8. The van der Waals surface area contributed by atoms with Crippen molar-refractivity contribution >= 4 is 79.2 Å². The van der Waals surface area contributed by atoms with E-state index in [1.807, 2.05) is 0 Å². The highest BCUT2D eigenvalue weighted by Crippen LogP contribution is 2.40. The van der Waals surface area contributed by atoms with Crippen molar-refractivity contribution in [2.45, 2.75) is 28.7 Å². The number of sulfone groups is 1. The molecule has 0 aliphatic heterocycles. The fraction of sp³-hybridized carbons (Fsp3) is 0.174. The van der Waals surface area contributed by atoms with Crippen LogP contribution in [0.4, 0.5) is 10.2 Å². The van der Waals surface area contributed by atoms with Crippen molar-refractivity contribution in [3.63, 3.8) is 0 Å². The van der Waals surface area contributed by atoms with E-state index >= 15 is 4.39 Å². The third kappa shape index (κ3) is 5.29. The zero-order valence-corrected chi connectivity index (χ0v) is 23.9. The number of hydrogen-bond donors (Lipinski definition) is 2. The largest absolute Gasteiger partial charge is 0.382 e. The molecule has 0 amide bonds. The Balaban J connectivity index is 1.80. The zero-order chi connectivity index (χ0) is 28.0. The lowest BCUT2D eigenvalue weighted by atomic mass is 9.90. The number of halogens is 5. The number of nitrogen functional groups attached to an aromatic ring is 1. The van der Waals surface area contributed by atoms with Gasteiger partial charge in [-0.3, -0.25) is 4.79 Å². The Hall–Kier alpha value is -2.25. The van der Waals surface area contributed by atoms with E-state index in [4.69, 9.17) is 52.1 Å². The summed E-state index contributed by atoms with van der Waals surface area (Å²) in [5.41, 5.74) is 3.16. The van der Waals surface area contributed by atoms with Gasteiger partial charge in [0, 0.05) is 28.0 Å². The van der Waals surface area contributed by atoms with Gasteiger partial charge in [0.05, 0.1) is 28.5 Å². The molecule has 0 aliphatic carbocycles. The number of anilines is 1. The zero-order valence-electron chi connectivity index (χ0n) is 19.2. The molecular weight excluding hydrogens is 621 g/mol. The molecule has 0 saturated heterocycles. The molecule has 0 spiro atoms. The van der Waals surface area contributed by atoms with Crippen LogP contribution in [-0.4, -0.2) is 39.1 Å². The highest BCUT2D eigenvalue weighted by Gasteiger charge is 2.47. The van der Waals surface area contributed by atoms with Gasteiger partial charge < -0.3 is 15.4 Å². The molecule has 2 aromatic heterocycles. The van der Waals surface area contributed by atoms with Crippen LogP contribution in [0.5, 0.6) is 0 Å². The monoisotopic (exact) mass is 636 g/mol. The van der Waals surface area contributed by atoms with Crippen molar-refractivity contribution < 1.29 is 22.7 Å². The van der Waals surface area contributed by atoms with E-state index in [0.29, 0.717) is 11.3 Å². The van der Waals surface area contributed by atoms with E-state index in [0.717, 1.165) is 6.07 Å².